The normalized spacial score (nSPS) is 16.7. The smallest absolute Gasteiger partial charge is 0.410 e. The summed E-state index contributed by atoms with van der Waals surface area (Å²) in [4.78, 5) is 81.1. The highest BCUT2D eigenvalue weighted by atomic mass is 35.5. The number of ether oxygens (including phenoxy) is 7. The van der Waals surface area contributed by atoms with Gasteiger partial charge in [-0.15, -0.1) is 11.6 Å². The van der Waals surface area contributed by atoms with Crippen LogP contribution >= 0.6 is 11.6 Å². The lowest BCUT2D eigenvalue weighted by molar-refractivity contribution is 0.0137. The maximum Gasteiger partial charge on any atom is 0.410 e. The molecule has 0 aliphatic carbocycles. The van der Waals surface area contributed by atoms with Crippen LogP contribution in [0.5, 0.6) is 28.7 Å². The van der Waals surface area contributed by atoms with E-state index in [1.165, 1.54) is 61.0 Å². The van der Waals surface area contributed by atoms with Crippen LogP contribution in [0.25, 0.3) is 0 Å². The van der Waals surface area contributed by atoms with Crippen molar-refractivity contribution in [2.75, 3.05) is 209 Å². The molecule has 33 heteroatoms. The van der Waals surface area contributed by atoms with Crippen LogP contribution in [0.2, 0.25) is 36.3 Å². The largest absolute Gasteiger partial charge is 0.544 e. The number of nitrogens with one attached hydrogen (secondary N) is 1. The van der Waals surface area contributed by atoms with E-state index in [0.717, 1.165) is 230 Å². The van der Waals surface area contributed by atoms with Gasteiger partial charge in [0.15, 0.2) is 0 Å². The number of halogens is 1. The lowest BCUT2D eigenvalue weighted by Gasteiger charge is -2.36. The number of phenolic OH excluding ortho intramolecular Hbond substituents is 1. The minimum atomic E-state index is -3.36. The number of likely N-dealkylation sites (tertiary alicyclic amines) is 1. The first-order chi connectivity index (χ1) is 66.8. The van der Waals surface area contributed by atoms with Gasteiger partial charge in [-0.2, -0.15) is 8.42 Å². The summed E-state index contributed by atoms with van der Waals surface area (Å²) in [6, 6.07) is 40.5. The zero-order valence-electron chi connectivity index (χ0n) is 92.4. The molecule has 0 radical (unpaired) electrons. The Morgan fingerprint density at radius 1 is 0.322 bits per heavy atom. The van der Waals surface area contributed by atoms with Crippen molar-refractivity contribution in [2.45, 2.75) is 280 Å². The van der Waals surface area contributed by atoms with Crippen LogP contribution < -0.4 is 23.6 Å². The lowest BCUT2D eigenvalue weighted by Crippen LogP contribution is -2.50. The van der Waals surface area contributed by atoms with Gasteiger partial charge in [-0.3, -0.25) is 23.8 Å². The first-order valence-electron chi connectivity index (χ1n) is 52.2. The van der Waals surface area contributed by atoms with E-state index in [2.05, 4.69) is 158 Å². The summed E-state index contributed by atoms with van der Waals surface area (Å²) in [7, 11) is -6.97. The molecule has 0 bridgehead atoms. The Labute approximate surface area is 868 Å². The highest BCUT2D eigenvalue weighted by molar-refractivity contribution is 7.86. The van der Waals surface area contributed by atoms with Gasteiger partial charge in [0.25, 0.3) is 10.1 Å². The fourth-order valence-corrected chi connectivity index (χ4v) is 17.7. The fraction of sp³-hybridized carbons (Fsp3) is 0.682. The molecule has 5 amide bonds. The molecule has 0 saturated carbocycles. The van der Waals surface area contributed by atoms with Crippen LogP contribution in [0.1, 0.15) is 212 Å². The second-order valence-electron chi connectivity index (χ2n) is 46.0. The van der Waals surface area contributed by atoms with Gasteiger partial charge in [0.2, 0.25) is 16.6 Å². The molecular weight excluding hydrogens is 1890 g/mol. The Kier molecular flexibility index (Phi) is 51.1. The molecule has 0 spiro atoms. The van der Waals surface area contributed by atoms with Gasteiger partial charge in [0.1, 0.15) is 56.8 Å². The molecule has 6 aliphatic heterocycles. The van der Waals surface area contributed by atoms with E-state index in [1.807, 2.05) is 162 Å². The highest BCUT2D eigenvalue weighted by Gasteiger charge is 2.41. The molecule has 808 valence electrons. The summed E-state index contributed by atoms with van der Waals surface area (Å²) in [6.07, 6.45) is 12.0. The summed E-state index contributed by atoms with van der Waals surface area (Å²) in [5, 5.41) is 12.8. The molecule has 5 aromatic carbocycles. The molecule has 6 saturated heterocycles. The average Bonchev–Trinajstić information content (AvgIpc) is 0.902. The fourth-order valence-electron chi connectivity index (χ4n) is 15.1. The summed E-state index contributed by atoms with van der Waals surface area (Å²) in [5.74, 6) is 4.63. The zero-order chi connectivity index (χ0) is 106. The Hall–Kier alpha value is -8.16. The second kappa shape index (κ2) is 59.1. The molecule has 11 rings (SSSR count). The van der Waals surface area contributed by atoms with Gasteiger partial charge >= 0.3 is 30.5 Å². The Morgan fingerprint density at radius 3 is 0.825 bits per heavy atom. The Bertz CT molecular complexity index is 4590. The summed E-state index contributed by atoms with van der Waals surface area (Å²) in [6.45, 7) is 76.2. The molecule has 5 aromatic rings. The van der Waals surface area contributed by atoms with Gasteiger partial charge in [-0.05, 0) is 299 Å². The first kappa shape index (κ1) is 124. The van der Waals surface area contributed by atoms with Crippen molar-refractivity contribution in [1.82, 2.24) is 54.3 Å². The van der Waals surface area contributed by atoms with Crippen LogP contribution in [-0.4, -0.2) is 346 Å². The lowest BCUT2D eigenvalue weighted by atomic mass is 10.1. The summed E-state index contributed by atoms with van der Waals surface area (Å²) in [5.41, 5.74) is 4.06. The van der Waals surface area contributed by atoms with Crippen LogP contribution in [0.15, 0.2) is 121 Å². The Morgan fingerprint density at radius 2 is 0.566 bits per heavy atom. The van der Waals surface area contributed by atoms with Crippen LogP contribution in [0, 0.1) is 0 Å². The van der Waals surface area contributed by atoms with E-state index in [-0.39, 0.29) is 52.8 Å². The molecule has 0 atom stereocenters. The van der Waals surface area contributed by atoms with E-state index in [9.17, 15) is 37.5 Å². The molecule has 6 fully saturated rings. The number of rotatable bonds is 29. The third kappa shape index (κ3) is 52.3. The number of alkyl halides is 1. The molecule has 6 aliphatic rings. The van der Waals surface area contributed by atoms with Gasteiger partial charge in [0, 0.05) is 169 Å². The van der Waals surface area contributed by atoms with Crippen LogP contribution in [-0.2, 0) is 70.1 Å². The van der Waals surface area contributed by atoms with Crippen molar-refractivity contribution in [3.63, 3.8) is 0 Å². The number of piperazine rings is 5. The van der Waals surface area contributed by atoms with Crippen LogP contribution in [0.3, 0.4) is 0 Å². The summed E-state index contributed by atoms with van der Waals surface area (Å²) < 4.78 is 77.7. The molecule has 0 unspecified atom stereocenters. The minimum Gasteiger partial charge on any atom is -0.544 e. The SMILES string of the molecule is CC(C)(C)OC(=O)N1CCN(CCc2ccc(O)cc2)CC1.CC(C)(C)OC(=O)N1CCN(CCc2ccc(OCCCCl)cc2)CC1.CC(C)(C)OC(=O)N1CCN(CCc2ccc(OCCCN3CCCCCC3)cc2)CC1.CC(C)(C)OC(=O)N1CCN(CCc2ccc(O[Si](C)(C)C(C)(C)C)cc2)CC1.CC(C)(C)OC(=O)N1CCNCC1.CC(C)(C)[Si](C)(C)Oc1ccc(CCOS(C)(=O)=O)cc1. The minimum absolute atomic E-state index is 0.162. The highest BCUT2D eigenvalue weighted by Crippen LogP contribution is 2.39. The number of aromatic hydroxyl groups is 1. The standard InChI is InChI=1S/C26H43N3O3.C23H40N2O3Si.C20H31ClN2O3.C17H26N2O3.C15H26O4SSi.C9H18N2O2/c1-26(2,3)32-25(30)29-20-18-28(19-21-29)17-13-23-9-11-24(12-10-23)31-22-8-16-27-14-6-4-5-7-15-27;1-22(2,3)27-21(26)25-17-15-24(16-18-25)14-13-19-9-11-20(12-10-19)28-29(7,8)23(4,5)6;1-20(2,3)26-19(24)23-14-12-22(13-15-23)11-9-17-5-7-18(8-6-17)25-16-4-10-21;1-17(2,3)22-16(21)19-12-10-18(11-13-19)9-8-14-4-6-15(20)7-5-14;1-15(2,3)21(5,6)19-14-9-7-13(8-10-14)11-12-18-20(4,16)17;1-9(2,3)13-8(12)11-6-4-10-5-7-11/h9-12H,4-8,13-22H2,1-3H3;9-12H,13-18H2,1-8H3;5-8H,4,9-16H2,1-3H3;4-7,20H,8-13H2,1-3H3;7-10H,11-12H2,1-6H3;10H,4-7H2,1-3H3. The second-order valence-corrected chi connectivity index (χ2v) is 57.5. The number of carbonyl (C=O) groups is 5. The number of hydrogen-bond donors (Lipinski definition) is 2. The molecule has 6 heterocycles. The third-order valence-corrected chi connectivity index (χ3v) is 35.1. The number of amides is 5. The number of benzene rings is 5. The van der Waals surface area contributed by atoms with E-state index < -0.39 is 49.2 Å². The van der Waals surface area contributed by atoms with Crippen molar-refractivity contribution in [2.24, 2.45) is 0 Å². The van der Waals surface area contributed by atoms with Gasteiger partial charge < -0.3 is 81.8 Å². The average molecular weight is 2070 g/mol. The predicted octanol–water partition coefficient (Wildman–Crippen LogP) is 20.3. The third-order valence-electron chi connectivity index (χ3n) is 25.5. The number of hydrogen-bond acceptors (Lipinski definition) is 24. The van der Waals surface area contributed by atoms with Crippen molar-refractivity contribution in [1.29, 1.82) is 0 Å². The van der Waals surface area contributed by atoms with Crippen LogP contribution in [0.4, 0.5) is 24.0 Å². The zero-order valence-corrected chi connectivity index (χ0v) is 96.0. The molecular formula is C110H184ClN11O18SSi2. The van der Waals surface area contributed by atoms with E-state index >= 15 is 0 Å². The number of phenols is 1. The maximum absolute atomic E-state index is 12.2. The number of carbonyl (C=O) groups excluding carboxylic acids is 5. The Balaban J connectivity index is 0.000000267. The van der Waals surface area contributed by atoms with Gasteiger partial charge in [-0.25, -0.2) is 24.0 Å². The van der Waals surface area contributed by atoms with E-state index in [0.29, 0.717) is 37.7 Å². The number of nitrogens with zero attached hydrogens (tertiary/aromatic N) is 10. The van der Waals surface area contributed by atoms with Crippen molar-refractivity contribution in [3.8, 4) is 28.7 Å². The van der Waals surface area contributed by atoms with Gasteiger partial charge in [-0.1, -0.05) is 115 Å². The topological polar surface area (TPSA) is 276 Å². The van der Waals surface area contributed by atoms with E-state index in [1.54, 1.807) is 26.8 Å². The quantitative estimate of drug-likeness (QED) is 0.0148. The van der Waals surface area contributed by atoms with Crippen molar-refractivity contribution >= 4 is 68.8 Å². The first-order valence-corrected chi connectivity index (χ1v) is 60.3. The summed E-state index contributed by atoms with van der Waals surface area (Å²) >= 11 is 5.65. The monoisotopic (exact) mass is 2070 g/mol. The molecule has 2 N–H and O–H groups in total. The van der Waals surface area contributed by atoms with E-state index in [4.69, 9.17) is 57.8 Å². The molecule has 29 nitrogen and oxygen atoms in total. The van der Waals surface area contributed by atoms with Crippen molar-refractivity contribution in [3.05, 3.63) is 149 Å². The molecule has 0 aromatic heterocycles. The van der Waals surface area contributed by atoms with Crippen molar-refractivity contribution < 1.29 is 83.7 Å². The maximum atomic E-state index is 12.2. The molecule has 143 heavy (non-hydrogen) atoms. The van der Waals surface area contributed by atoms with Gasteiger partial charge in [0.05, 0.1) is 26.1 Å². The predicted molar refractivity (Wildman–Crippen MR) is 582 cm³/mol.